The minimum absolute atomic E-state index is 0.195. The van der Waals surface area contributed by atoms with Crippen molar-refractivity contribution in [2.75, 3.05) is 32.8 Å². The van der Waals surface area contributed by atoms with E-state index in [0.717, 1.165) is 49.9 Å². The van der Waals surface area contributed by atoms with E-state index in [0.29, 0.717) is 12.3 Å². The molecule has 172 valence electrons. The Kier molecular flexibility index (Phi) is 8.10. The van der Waals surface area contributed by atoms with Crippen LogP contribution in [0.4, 0.5) is 0 Å². The molecule has 0 amide bonds. The molecule has 2 aromatic carbocycles. The van der Waals surface area contributed by atoms with Crippen molar-refractivity contribution in [1.82, 2.24) is 14.8 Å². The first-order valence-corrected chi connectivity index (χ1v) is 11.9. The maximum Gasteiger partial charge on any atom is 0.356 e. The van der Waals surface area contributed by atoms with Gasteiger partial charge in [0.05, 0.1) is 18.3 Å². The van der Waals surface area contributed by atoms with Crippen LogP contribution in [-0.2, 0) is 11.3 Å². The largest absolute Gasteiger partial charge is 0.461 e. The highest BCUT2D eigenvalue weighted by molar-refractivity contribution is 6.30. The van der Waals surface area contributed by atoms with Gasteiger partial charge in [0.25, 0.3) is 0 Å². The monoisotopic (exact) mass is 463 g/mol. The number of aromatic nitrogens is 1. The molecule has 1 saturated heterocycles. The third kappa shape index (κ3) is 6.20. The highest BCUT2D eigenvalue weighted by Crippen LogP contribution is 2.30. The molecule has 0 bridgehead atoms. The van der Waals surface area contributed by atoms with Crippen LogP contribution in [0.25, 0.3) is 0 Å². The number of carbonyl (C=O) groups is 1. The summed E-state index contributed by atoms with van der Waals surface area (Å²) in [4.78, 5) is 21.6. The number of pyridine rings is 1. The first-order valence-electron chi connectivity index (χ1n) is 11.5. The maximum absolute atomic E-state index is 12.1. The van der Waals surface area contributed by atoms with Gasteiger partial charge in [-0.1, -0.05) is 67.1 Å². The highest BCUT2D eigenvalue weighted by Gasteiger charge is 2.26. The molecule has 0 saturated carbocycles. The van der Waals surface area contributed by atoms with Gasteiger partial charge in [-0.15, -0.1) is 0 Å². The van der Waals surface area contributed by atoms with Crippen LogP contribution in [0, 0.1) is 0 Å². The van der Waals surface area contributed by atoms with Crippen molar-refractivity contribution in [3.05, 3.63) is 100 Å². The zero-order valence-corrected chi connectivity index (χ0v) is 19.7. The van der Waals surface area contributed by atoms with E-state index in [1.165, 1.54) is 11.1 Å². The van der Waals surface area contributed by atoms with Gasteiger partial charge in [-0.05, 0) is 41.8 Å². The number of esters is 1. The summed E-state index contributed by atoms with van der Waals surface area (Å²) in [5.41, 5.74) is 3.81. The normalized spacial score (nSPS) is 15.8. The SMILES string of the molecule is CCCOC(=O)c1cccc(CN2CCN(C(c3ccccc3)c3ccc(Cl)cc3)CC2)n1. The molecular formula is C27H30ClN3O2. The van der Waals surface area contributed by atoms with Crippen LogP contribution in [-0.4, -0.2) is 53.5 Å². The van der Waals surface area contributed by atoms with Gasteiger partial charge in [0.2, 0.25) is 0 Å². The number of ether oxygens (including phenoxy) is 1. The van der Waals surface area contributed by atoms with Gasteiger partial charge in [-0.3, -0.25) is 9.80 Å². The van der Waals surface area contributed by atoms with E-state index in [2.05, 4.69) is 57.2 Å². The minimum Gasteiger partial charge on any atom is -0.461 e. The zero-order valence-electron chi connectivity index (χ0n) is 19.0. The number of hydrogen-bond acceptors (Lipinski definition) is 5. The lowest BCUT2D eigenvalue weighted by Crippen LogP contribution is -2.47. The molecule has 1 aliphatic heterocycles. The summed E-state index contributed by atoms with van der Waals surface area (Å²) in [6, 6.07) is 24.6. The Morgan fingerprint density at radius 2 is 1.64 bits per heavy atom. The van der Waals surface area contributed by atoms with Crippen LogP contribution in [0.1, 0.15) is 46.7 Å². The van der Waals surface area contributed by atoms with Gasteiger partial charge in [-0.2, -0.15) is 0 Å². The Hall–Kier alpha value is -2.73. The highest BCUT2D eigenvalue weighted by atomic mass is 35.5. The Morgan fingerprint density at radius 3 is 2.33 bits per heavy atom. The van der Waals surface area contributed by atoms with Crippen LogP contribution in [0.15, 0.2) is 72.8 Å². The molecule has 4 rings (SSSR count). The number of carbonyl (C=O) groups excluding carboxylic acids is 1. The molecule has 1 unspecified atom stereocenters. The van der Waals surface area contributed by atoms with Gasteiger partial charge in [0.15, 0.2) is 0 Å². The molecule has 1 atom stereocenters. The van der Waals surface area contributed by atoms with Crippen LogP contribution in [0.3, 0.4) is 0 Å². The molecule has 1 fully saturated rings. The molecule has 0 N–H and O–H groups in total. The fraction of sp³-hybridized carbons (Fsp3) is 0.333. The number of piperazine rings is 1. The topological polar surface area (TPSA) is 45.7 Å². The van der Waals surface area contributed by atoms with Crippen LogP contribution >= 0.6 is 11.6 Å². The lowest BCUT2D eigenvalue weighted by molar-refractivity contribution is 0.0497. The molecule has 3 aromatic rings. The van der Waals surface area contributed by atoms with Crippen molar-refractivity contribution < 1.29 is 9.53 Å². The van der Waals surface area contributed by atoms with Crippen molar-refractivity contribution in [3.8, 4) is 0 Å². The Morgan fingerprint density at radius 1 is 0.939 bits per heavy atom. The van der Waals surface area contributed by atoms with E-state index in [-0.39, 0.29) is 12.0 Å². The summed E-state index contributed by atoms with van der Waals surface area (Å²) >= 11 is 6.14. The Labute approximate surface area is 201 Å². The average Bonchev–Trinajstić information content (AvgIpc) is 2.86. The summed E-state index contributed by atoms with van der Waals surface area (Å²) < 4.78 is 5.22. The quantitative estimate of drug-likeness (QED) is 0.429. The second-order valence-electron chi connectivity index (χ2n) is 8.33. The lowest BCUT2D eigenvalue weighted by Gasteiger charge is -2.39. The predicted octanol–water partition coefficient (Wildman–Crippen LogP) is 5.21. The van der Waals surface area contributed by atoms with Crippen molar-refractivity contribution in [3.63, 3.8) is 0 Å². The summed E-state index contributed by atoms with van der Waals surface area (Å²) in [6.07, 6.45) is 0.801. The molecule has 33 heavy (non-hydrogen) atoms. The van der Waals surface area contributed by atoms with E-state index in [9.17, 15) is 4.79 Å². The standard InChI is InChI=1S/C27H30ClN3O2/c1-2-19-33-27(32)25-10-6-9-24(29-25)20-30-15-17-31(18-16-30)26(21-7-4-3-5-8-21)22-11-13-23(28)14-12-22/h3-14,26H,2,15-20H2,1H3. The van der Waals surface area contributed by atoms with Crippen LogP contribution < -0.4 is 0 Å². The first-order chi connectivity index (χ1) is 16.1. The lowest BCUT2D eigenvalue weighted by atomic mass is 9.96. The van der Waals surface area contributed by atoms with Crippen molar-refractivity contribution in [2.45, 2.75) is 25.9 Å². The van der Waals surface area contributed by atoms with Crippen molar-refractivity contribution in [1.29, 1.82) is 0 Å². The minimum atomic E-state index is -0.350. The predicted molar refractivity (Wildman–Crippen MR) is 131 cm³/mol. The van der Waals surface area contributed by atoms with E-state index < -0.39 is 0 Å². The fourth-order valence-electron chi connectivity index (χ4n) is 4.25. The summed E-state index contributed by atoms with van der Waals surface area (Å²) in [5.74, 6) is -0.350. The van der Waals surface area contributed by atoms with Gasteiger partial charge in [0.1, 0.15) is 5.69 Å². The fourth-order valence-corrected chi connectivity index (χ4v) is 4.38. The Balaban J connectivity index is 1.42. The van der Waals surface area contributed by atoms with Gasteiger partial charge in [-0.25, -0.2) is 9.78 Å². The van der Waals surface area contributed by atoms with Crippen LogP contribution in [0.5, 0.6) is 0 Å². The van der Waals surface area contributed by atoms with Gasteiger partial charge in [0, 0.05) is 37.7 Å². The molecule has 6 heteroatoms. The third-order valence-corrected chi connectivity index (χ3v) is 6.16. The van der Waals surface area contributed by atoms with E-state index in [1.54, 1.807) is 6.07 Å². The third-order valence-electron chi connectivity index (χ3n) is 5.91. The van der Waals surface area contributed by atoms with E-state index >= 15 is 0 Å². The number of hydrogen-bond donors (Lipinski definition) is 0. The number of nitrogens with zero attached hydrogens (tertiary/aromatic N) is 3. The second-order valence-corrected chi connectivity index (χ2v) is 8.76. The molecule has 0 aliphatic carbocycles. The smallest absolute Gasteiger partial charge is 0.356 e. The van der Waals surface area contributed by atoms with Crippen LogP contribution in [0.2, 0.25) is 5.02 Å². The zero-order chi connectivity index (χ0) is 23.0. The molecule has 1 aromatic heterocycles. The number of rotatable bonds is 8. The van der Waals surface area contributed by atoms with E-state index in [1.807, 2.05) is 31.2 Å². The summed E-state index contributed by atoms with van der Waals surface area (Å²) in [7, 11) is 0. The number of benzene rings is 2. The van der Waals surface area contributed by atoms with Gasteiger partial charge >= 0.3 is 5.97 Å². The molecule has 2 heterocycles. The average molecular weight is 464 g/mol. The maximum atomic E-state index is 12.1. The second kappa shape index (κ2) is 11.4. The summed E-state index contributed by atoms with van der Waals surface area (Å²) in [5, 5.41) is 0.753. The van der Waals surface area contributed by atoms with Crippen molar-refractivity contribution in [2.24, 2.45) is 0 Å². The molecule has 5 nitrogen and oxygen atoms in total. The molecule has 0 spiro atoms. The summed E-state index contributed by atoms with van der Waals surface area (Å²) in [6.45, 7) is 6.88. The van der Waals surface area contributed by atoms with E-state index in [4.69, 9.17) is 16.3 Å². The van der Waals surface area contributed by atoms with Gasteiger partial charge < -0.3 is 4.74 Å². The molecule has 1 aliphatic rings. The molecule has 0 radical (unpaired) electrons. The Bertz CT molecular complexity index is 1030. The molecular weight excluding hydrogens is 434 g/mol. The number of halogens is 1. The van der Waals surface area contributed by atoms with Crippen molar-refractivity contribution >= 4 is 17.6 Å². The first kappa shape index (κ1) is 23.4.